The summed E-state index contributed by atoms with van der Waals surface area (Å²) >= 11 is 0. The van der Waals surface area contributed by atoms with E-state index in [-0.39, 0.29) is 11.9 Å². The molecule has 5 nitrogen and oxygen atoms in total. The Balaban J connectivity index is 2.66. The van der Waals surface area contributed by atoms with E-state index in [4.69, 9.17) is 5.73 Å². The van der Waals surface area contributed by atoms with Crippen molar-refractivity contribution >= 4 is 11.9 Å². The summed E-state index contributed by atoms with van der Waals surface area (Å²) in [6, 6.07) is -0.375. The molecule has 110 valence electrons. The van der Waals surface area contributed by atoms with E-state index < -0.39 is 11.4 Å². The van der Waals surface area contributed by atoms with Gasteiger partial charge in [0, 0.05) is 24.5 Å². The van der Waals surface area contributed by atoms with Crippen molar-refractivity contribution < 1.29 is 9.59 Å². The predicted octanol–water partition coefficient (Wildman–Crippen LogP) is 1.72. The second kappa shape index (κ2) is 6.26. The molecule has 0 aromatic heterocycles. The van der Waals surface area contributed by atoms with Gasteiger partial charge in [0.1, 0.15) is 0 Å². The third kappa shape index (κ3) is 4.73. The van der Waals surface area contributed by atoms with Crippen molar-refractivity contribution in [1.29, 1.82) is 0 Å². The SMILES string of the molecule is CCCC1CC(NC(=O)C(C)(C)C)CN(C(N)=O)C1. The molecule has 3 amide bonds. The number of urea groups is 1. The third-order valence-electron chi connectivity index (χ3n) is 3.56. The molecule has 0 radical (unpaired) electrons. The van der Waals surface area contributed by atoms with Crippen molar-refractivity contribution in [3.05, 3.63) is 0 Å². The maximum atomic E-state index is 12.0. The molecule has 2 unspecified atom stereocenters. The summed E-state index contributed by atoms with van der Waals surface area (Å²) in [7, 11) is 0. The molecule has 1 rings (SSSR count). The van der Waals surface area contributed by atoms with Gasteiger partial charge in [-0.1, -0.05) is 34.1 Å². The van der Waals surface area contributed by atoms with Crippen LogP contribution in [0, 0.1) is 11.3 Å². The van der Waals surface area contributed by atoms with E-state index in [2.05, 4.69) is 12.2 Å². The minimum atomic E-state index is -0.407. The molecule has 3 N–H and O–H groups in total. The Labute approximate surface area is 115 Å². The summed E-state index contributed by atoms with van der Waals surface area (Å²) in [5, 5.41) is 3.04. The predicted molar refractivity (Wildman–Crippen MR) is 75.6 cm³/mol. The number of hydrogen-bond acceptors (Lipinski definition) is 2. The van der Waals surface area contributed by atoms with Crippen LogP contribution in [-0.2, 0) is 4.79 Å². The quantitative estimate of drug-likeness (QED) is 0.818. The summed E-state index contributed by atoms with van der Waals surface area (Å²) in [4.78, 5) is 25.0. The van der Waals surface area contributed by atoms with Crippen molar-refractivity contribution in [2.45, 2.75) is 53.0 Å². The Morgan fingerprint density at radius 3 is 2.42 bits per heavy atom. The highest BCUT2D eigenvalue weighted by Gasteiger charge is 2.31. The fourth-order valence-electron chi connectivity index (χ4n) is 2.51. The average molecular weight is 269 g/mol. The van der Waals surface area contributed by atoms with Gasteiger partial charge in [0.2, 0.25) is 5.91 Å². The lowest BCUT2D eigenvalue weighted by Gasteiger charge is -2.38. The Hall–Kier alpha value is -1.26. The largest absolute Gasteiger partial charge is 0.351 e. The van der Waals surface area contributed by atoms with Gasteiger partial charge < -0.3 is 16.0 Å². The number of rotatable bonds is 3. The van der Waals surface area contributed by atoms with Crippen LogP contribution in [0.25, 0.3) is 0 Å². The van der Waals surface area contributed by atoms with E-state index in [9.17, 15) is 9.59 Å². The molecule has 0 bridgehead atoms. The molecule has 5 heteroatoms. The monoisotopic (exact) mass is 269 g/mol. The third-order valence-corrected chi connectivity index (χ3v) is 3.56. The Morgan fingerprint density at radius 2 is 1.95 bits per heavy atom. The minimum absolute atomic E-state index is 0.0181. The Kier molecular flexibility index (Phi) is 5.20. The number of nitrogens with two attached hydrogens (primary N) is 1. The van der Waals surface area contributed by atoms with Crippen molar-refractivity contribution in [2.75, 3.05) is 13.1 Å². The summed E-state index contributed by atoms with van der Waals surface area (Å²) in [6.07, 6.45) is 3.07. The van der Waals surface area contributed by atoms with Crippen LogP contribution in [0.3, 0.4) is 0 Å². The fraction of sp³-hybridized carbons (Fsp3) is 0.857. The molecule has 1 heterocycles. The average Bonchev–Trinajstić information content (AvgIpc) is 2.27. The van der Waals surface area contributed by atoms with Gasteiger partial charge in [-0.25, -0.2) is 4.79 Å². The molecule has 0 spiro atoms. The summed E-state index contributed by atoms with van der Waals surface area (Å²) < 4.78 is 0. The maximum Gasteiger partial charge on any atom is 0.314 e. The first-order chi connectivity index (χ1) is 8.74. The molecule has 0 aromatic rings. The van der Waals surface area contributed by atoms with Crippen molar-refractivity contribution in [3.63, 3.8) is 0 Å². The number of hydrogen-bond donors (Lipinski definition) is 2. The lowest BCUT2D eigenvalue weighted by atomic mass is 9.89. The summed E-state index contributed by atoms with van der Waals surface area (Å²) in [6.45, 7) is 9.04. The number of nitrogens with zero attached hydrogens (tertiary/aromatic N) is 1. The molecule has 2 atom stereocenters. The van der Waals surface area contributed by atoms with Gasteiger partial charge in [0.15, 0.2) is 0 Å². The van der Waals surface area contributed by atoms with Crippen LogP contribution in [0.5, 0.6) is 0 Å². The normalized spacial score (nSPS) is 24.1. The van der Waals surface area contributed by atoms with Crippen molar-refractivity contribution in [1.82, 2.24) is 10.2 Å². The van der Waals surface area contributed by atoms with Crippen LogP contribution in [0.1, 0.15) is 47.0 Å². The zero-order valence-electron chi connectivity index (χ0n) is 12.5. The number of amides is 3. The molecule has 0 aromatic carbocycles. The first-order valence-electron chi connectivity index (χ1n) is 7.09. The van der Waals surface area contributed by atoms with Gasteiger partial charge in [-0.05, 0) is 18.8 Å². The van der Waals surface area contributed by atoms with Crippen molar-refractivity contribution in [3.8, 4) is 0 Å². The van der Waals surface area contributed by atoms with Gasteiger partial charge >= 0.3 is 6.03 Å². The van der Waals surface area contributed by atoms with Crippen LogP contribution in [0.2, 0.25) is 0 Å². The fourth-order valence-corrected chi connectivity index (χ4v) is 2.51. The molecule has 0 aliphatic carbocycles. The zero-order valence-corrected chi connectivity index (χ0v) is 12.5. The van der Waals surface area contributed by atoms with Crippen LogP contribution in [-0.4, -0.2) is 36.0 Å². The summed E-state index contributed by atoms with van der Waals surface area (Å²) in [5.41, 5.74) is 4.97. The smallest absolute Gasteiger partial charge is 0.314 e. The zero-order chi connectivity index (χ0) is 14.6. The van der Waals surface area contributed by atoms with Gasteiger partial charge in [-0.15, -0.1) is 0 Å². The lowest BCUT2D eigenvalue weighted by molar-refractivity contribution is -0.129. The molecule has 0 saturated carbocycles. The van der Waals surface area contributed by atoms with Crippen molar-refractivity contribution in [2.24, 2.45) is 17.1 Å². The maximum absolute atomic E-state index is 12.0. The number of carbonyl (C=O) groups excluding carboxylic acids is 2. The number of carbonyl (C=O) groups is 2. The number of likely N-dealkylation sites (tertiary alicyclic amines) is 1. The molecule has 1 aliphatic heterocycles. The highest BCUT2D eigenvalue weighted by molar-refractivity contribution is 5.81. The lowest BCUT2D eigenvalue weighted by Crippen LogP contribution is -2.55. The second-order valence-electron chi connectivity index (χ2n) is 6.55. The number of piperidine rings is 1. The molecule has 1 saturated heterocycles. The van der Waals surface area contributed by atoms with E-state index in [0.29, 0.717) is 19.0 Å². The van der Waals surface area contributed by atoms with Crippen LogP contribution < -0.4 is 11.1 Å². The van der Waals surface area contributed by atoms with E-state index in [0.717, 1.165) is 19.3 Å². The molecule has 19 heavy (non-hydrogen) atoms. The van der Waals surface area contributed by atoms with E-state index in [1.165, 1.54) is 0 Å². The topological polar surface area (TPSA) is 75.4 Å². The highest BCUT2D eigenvalue weighted by atomic mass is 16.2. The second-order valence-corrected chi connectivity index (χ2v) is 6.55. The van der Waals surface area contributed by atoms with Gasteiger partial charge in [-0.2, -0.15) is 0 Å². The standard InChI is InChI=1S/C14H27N3O2/c1-5-6-10-7-11(9-17(8-10)13(15)19)16-12(18)14(2,3)4/h10-11H,5-9H2,1-4H3,(H2,15,19)(H,16,18). The first kappa shape index (κ1) is 15.8. The molecule has 1 aliphatic rings. The highest BCUT2D eigenvalue weighted by Crippen LogP contribution is 2.22. The number of nitrogens with one attached hydrogen (secondary N) is 1. The van der Waals surface area contributed by atoms with Crippen LogP contribution >= 0.6 is 0 Å². The Morgan fingerprint density at radius 1 is 1.32 bits per heavy atom. The van der Waals surface area contributed by atoms with Gasteiger partial charge in [-0.3, -0.25) is 4.79 Å². The molecular formula is C14H27N3O2. The molecule has 1 fully saturated rings. The number of primary amides is 1. The van der Waals surface area contributed by atoms with Crippen LogP contribution in [0.15, 0.2) is 0 Å². The summed E-state index contributed by atoms with van der Waals surface area (Å²) in [5.74, 6) is 0.454. The van der Waals surface area contributed by atoms with E-state index in [1.54, 1.807) is 4.90 Å². The van der Waals surface area contributed by atoms with E-state index >= 15 is 0 Å². The van der Waals surface area contributed by atoms with Gasteiger partial charge in [0.05, 0.1) is 0 Å². The Bertz CT molecular complexity index is 336. The van der Waals surface area contributed by atoms with Gasteiger partial charge in [0.25, 0.3) is 0 Å². The molecular weight excluding hydrogens is 242 g/mol. The van der Waals surface area contributed by atoms with Crippen LogP contribution in [0.4, 0.5) is 4.79 Å². The first-order valence-corrected chi connectivity index (χ1v) is 7.09. The minimum Gasteiger partial charge on any atom is -0.351 e. The van der Waals surface area contributed by atoms with E-state index in [1.807, 2.05) is 20.8 Å².